The lowest BCUT2D eigenvalue weighted by Crippen LogP contribution is -2.55. The van der Waals surface area contributed by atoms with Crippen LogP contribution in [-0.4, -0.2) is 22.5 Å². The SMILES string of the molecule is CC(Cc1ccccc1)(NC(=O)[C@H]1C[C@@H]2C=C[C@H]1C2)C(=O)O. The monoisotopic (exact) mass is 299 g/mol. The molecule has 0 spiro atoms. The minimum Gasteiger partial charge on any atom is -0.480 e. The van der Waals surface area contributed by atoms with Gasteiger partial charge in [0.25, 0.3) is 0 Å². The van der Waals surface area contributed by atoms with Gasteiger partial charge in [-0.25, -0.2) is 4.79 Å². The van der Waals surface area contributed by atoms with Crippen LogP contribution in [0.25, 0.3) is 0 Å². The fourth-order valence-corrected chi connectivity index (χ4v) is 3.62. The van der Waals surface area contributed by atoms with E-state index in [0.717, 1.165) is 18.4 Å². The number of benzene rings is 1. The second kappa shape index (κ2) is 5.59. The second-order valence-electron chi connectivity index (χ2n) is 6.68. The number of amides is 1. The first-order chi connectivity index (χ1) is 10.5. The summed E-state index contributed by atoms with van der Waals surface area (Å²) < 4.78 is 0. The van der Waals surface area contributed by atoms with Crippen molar-refractivity contribution in [1.82, 2.24) is 5.32 Å². The third-order valence-corrected chi connectivity index (χ3v) is 4.89. The number of carbonyl (C=O) groups is 2. The number of fused-ring (bicyclic) bond motifs is 2. The summed E-state index contributed by atoms with van der Waals surface area (Å²) in [4.78, 5) is 24.2. The highest BCUT2D eigenvalue weighted by Gasteiger charge is 2.43. The average molecular weight is 299 g/mol. The van der Waals surface area contributed by atoms with Gasteiger partial charge in [0.2, 0.25) is 5.91 Å². The van der Waals surface area contributed by atoms with Gasteiger partial charge < -0.3 is 10.4 Å². The van der Waals surface area contributed by atoms with Crippen LogP contribution in [0.1, 0.15) is 25.3 Å². The number of carboxylic acid groups (broad SMARTS) is 1. The van der Waals surface area contributed by atoms with Gasteiger partial charge in [-0.2, -0.15) is 0 Å². The van der Waals surface area contributed by atoms with Crippen molar-refractivity contribution in [2.75, 3.05) is 0 Å². The number of hydrogen-bond acceptors (Lipinski definition) is 2. The van der Waals surface area contributed by atoms with Crippen molar-refractivity contribution in [2.45, 2.75) is 31.7 Å². The molecule has 1 aromatic carbocycles. The molecule has 2 aliphatic rings. The van der Waals surface area contributed by atoms with Gasteiger partial charge in [-0.3, -0.25) is 4.79 Å². The molecular weight excluding hydrogens is 278 g/mol. The Bertz CT molecular complexity index is 610. The molecule has 2 N–H and O–H groups in total. The van der Waals surface area contributed by atoms with Gasteiger partial charge in [0, 0.05) is 12.3 Å². The van der Waals surface area contributed by atoms with Crippen molar-refractivity contribution in [1.29, 1.82) is 0 Å². The summed E-state index contributed by atoms with van der Waals surface area (Å²) >= 11 is 0. The Morgan fingerprint density at radius 2 is 1.95 bits per heavy atom. The first-order valence-corrected chi connectivity index (χ1v) is 7.75. The minimum atomic E-state index is -1.27. The molecule has 3 rings (SSSR count). The fraction of sp³-hybridized carbons (Fsp3) is 0.444. The molecule has 4 heteroatoms. The standard InChI is InChI=1S/C18H21NO3/c1-18(17(21)22,11-12-5-3-2-4-6-12)19-16(20)15-10-13-7-8-14(15)9-13/h2-8,13-15H,9-11H2,1H3,(H,19,20)(H,21,22)/t13-,14+,15+,18?/m1/s1. The quantitative estimate of drug-likeness (QED) is 0.821. The maximum absolute atomic E-state index is 12.5. The normalized spacial score (nSPS) is 28.3. The Balaban J connectivity index is 1.72. The molecular formula is C18H21NO3. The lowest BCUT2D eigenvalue weighted by atomic mass is 9.88. The predicted molar refractivity (Wildman–Crippen MR) is 83.2 cm³/mol. The number of carboxylic acids is 1. The van der Waals surface area contributed by atoms with Crippen molar-refractivity contribution in [3.63, 3.8) is 0 Å². The van der Waals surface area contributed by atoms with Gasteiger partial charge >= 0.3 is 5.97 Å². The van der Waals surface area contributed by atoms with Crippen LogP contribution in [0.15, 0.2) is 42.5 Å². The van der Waals surface area contributed by atoms with E-state index in [9.17, 15) is 14.7 Å². The van der Waals surface area contributed by atoms with Crippen LogP contribution < -0.4 is 5.32 Å². The average Bonchev–Trinajstić information content (AvgIpc) is 3.10. The summed E-state index contributed by atoms with van der Waals surface area (Å²) in [7, 11) is 0. The molecule has 4 atom stereocenters. The molecule has 22 heavy (non-hydrogen) atoms. The van der Waals surface area contributed by atoms with Gasteiger partial charge in [0.1, 0.15) is 5.54 Å². The molecule has 2 bridgehead atoms. The van der Waals surface area contributed by atoms with Crippen LogP contribution >= 0.6 is 0 Å². The third kappa shape index (κ3) is 2.78. The third-order valence-electron chi connectivity index (χ3n) is 4.89. The predicted octanol–water partition coefficient (Wildman–Crippen LogP) is 2.40. The molecule has 0 saturated heterocycles. The Labute approximate surface area is 130 Å². The van der Waals surface area contributed by atoms with Gasteiger partial charge in [0.15, 0.2) is 0 Å². The van der Waals surface area contributed by atoms with E-state index in [1.807, 2.05) is 30.3 Å². The lowest BCUT2D eigenvalue weighted by molar-refractivity contribution is -0.147. The minimum absolute atomic E-state index is 0.0792. The molecule has 1 fully saturated rings. The zero-order valence-electron chi connectivity index (χ0n) is 12.7. The Morgan fingerprint density at radius 3 is 2.50 bits per heavy atom. The summed E-state index contributed by atoms with van der Waals surface area (Å²) in [6.45, 7) is 1.59. The highest BCUT2D eigenvalue weighted by atomic mass is 16.4. The fourth-order valence-electron chi connectivity index (χ4n) is 3.62. The van der Waals surface area contributed by atoms with Gasteiger partial charge in [-0.1, -0.05) is 42.5 Å². The summed E-state index contributed by atoms with van der Waals surface area (Å²) in [5, 5.41) is 12.4. The molecule has 1 amide bonds. The first kappa shape index (κ1) is 14.8. The molecule has 0 radical (unpaired) electrons. The molecule has 1 unspecified atom stereocenters. The zero-order chi connectivity index (χ0) is 15.7. The van der Waals surface area contributed by atoms with E-state index in [-0.39, 0.29) is 24.2 Å². The van der Waals surface area contributed by atoms with Crippen molar-refractivity contribution >= 4 is 11.9 Å². The molecule has 1 saturated carbocycles. The molecule has 2 aliphatic carbocycles. The highest BCUT2D eigenvalue weighted by Crippen LogP contribution is 2.43. The van der Waals surface area contributed by atoms with Gasteiger partial charge in [-0.05, 0) is 37.2 Å². The highest BCUT2D eigenvalue weighted by molar-refractivity contribution is 5.88. The lowest BCUT2D eigenvalue weighted by Gasteiger charge is -2.29. The van der Waals surface area contributed by atoms with Crippen LogP contribution in [0.5, 0.6) is 0 Å². The van der Waals surface area contributed by atoms with Crippen molar-refractivity contribution in [2.24, 2.45) is 17.8 Å². The van der Waals surface area contributed by atoms with Crippen LogP contribution in [0, 0.1) is 17.8 Å². The first-order valence-electron chi connectivity index (χ1n) is 7.75. The van der Waals surface area contributed by atoms with E-state index in [4.69, 9.17) is 0 Å². The van der Waals surface area contributed by atoms with Crippen LogP contribution in [0.3, 0.4) is 0 Å². The van der Waals surface area contributed by atoms with E-state index in [0.29, 0.717) is 5.92 Å². The maximum Gasteiger partial charge on any atom is 0.329 e. The van der Waals surface area contributed by atoms with Crippen molar-refractivity contribution < 1.29 is 14.7 Å². The number of rotatable bonds is 5. The van der Waals surface area contributed by atoms with Crippen LogP contribution in [0.2, 0.25) is 0 Å². The summed E-state index contributed by atoms with van der Waals surface area (Å²) in [5.41, 5.74) is -0.371. The number of carbonyl (C=O) groups excluding carboxylic acids is 1. The molecule has 0 aromatic heterocycles. The largest absolute Gasteiger partial charge is 0.480 e. The van der Waals surface area contributed by atoms with Gasteiger partial charge in [0.05, 0.1) is 0 Å². The molecule has 116 valence electrons. The van der Waals surface area contributed by atoms with Gasteiger partial charge in [-0.15, -0.1) is 0 Å². The maximum atomic E-state index is 12.5. The van der Waals surface area contributed by atoms with E-state index in [2.05, 4.69) is 17.5 Å². The Hall–Kier alpha value is -2.10. The molecule has 4 nitrogen and oxygen atoms in total. The van der Waals surface area contributed by atoms with Crippen LogP contribution in [0.4, 0.5) is 0 Å². The summed E-state index contributed by atoms with van der Waals surface area (Å²) in [6, 6.07) is 9.41. The number of aliphatic carboxylic acids is 1. The molecule has 0 heterocycles. The number of allylic oxidation sites excluding steroid dienone is 2. The van der Waals surface area contributed by atoms with E-state index in [1.54, 1.807) is 6.92 Å². The van der Waals surface area contributed by atoms with E-state index >= 15 is 0 Å². The van der Waals surface area contributed by atoms with E-state index < -0.39 is 11.5 Å². The summed E-state index contributed by atoms with van der Waals surface area (Å²) in [6.07, 6.45) is 6.43. The van der Waals surface area contributed by atoms with Crippen molar-refractivity contribution in [3.05, 3.63) is 48.0 Å². The smallest absolute Gasteiger partial charge is 0.329 e. The summed E-state index contributed by atoms with van der Waals surface area (Å²) in [5.74, 6) is -0.434. The van der Waals surface area contributed by atoms with Crippen LogP contribution in [-0.2, 0) is 16.0 Å². The van der Waals surface area contributed by atoms with Crippen molar-refractivity contribution in [3.8, 4) is 0 Å². The Morgan fingerprint density at radius 1 is 1.23 bits per heavy atom. The Kier molecular flexibility index (Phi) is 3.77. The number of nitrogens with one attached hydrogen (secondary N) is 1. The topological polar surface area (TPSA) is 66.4 Å². The molecule has 1 aromatic rings. The molecule has 0 aliphatic heterocycles. The zero-order valence-corrected chi connectivity index (χ0v) is 12.7. The number of hydrogen-bond donors (Lipinski definition) is 2. The van der Waals surface area contributed by atoms with E-state index in [1.165, 1.54) is 0 Å². The second-order valence-corrected chi connectivity index (χ2v) is 6.68.